The second-order valence-electron chi connectivity index (χ2n) is 15.0. The van der Waals surface area contributed by atoms with E-state index in [4.69, 9.17) is 9.97 Å². The van der Waals surface area contributed by atoms with Crippen LogP contribution >= 0.6 is 0 Å². The maximum Gasteiger partial charge on any atom is 0.161 e. The molecule has 0 bridgehead atoms. The second-order valence-corrected chi connectivity index (χ2v) is 15.0. The third kappa shape index (κ3) is 5.02. The standard InChI is InChI=1S/C54H34N4/c1-3-15-37(16-4-1)48-34-49(39-27-26-35-14-7-8-17-38(35)32-39)56-54(55-48)46-23-13-18-36-28-29-41(33-47(36)46)58-51-25-12-10-22-43(51)45-31-30-44-42-21-9-11-24-50(42)57(52(44)53(45)58)40-19-5-2-6-20-40/h1-34H. The normalized spacial score (nSPS) is 11.8. The van der Waals surface area contributed by atoms with E-state index >= 15 is 0 Å². The lowest BCUT2D eigenvalue weighted by Gasteiger charge is -2.15. The fraction of sp³-hybridized carbons (Fsp3) is 0. The van der Waals surface area contributed by atoms with Crippen LogP contribution in [0.5, 0.6) is 0 Å². The molecule has 9 aromatic carbocycles. The monoisotopic (exact) mass is 738 g/mol. The van der Waals surface area contributed by atoms with Gasteiger partial charge in [-0.05, 0) is 70.1 Å². The zero-order chi connectivity index (χ0) is 38.2. The Morgan fingerprint density at radius 1 is 0.310 bits per heavy atom. The van der Waals surface area contributed by atoms with E-state index in [9.17, 15) is 0 Å². The van der Waals surface area contributed by atoms with Crippen LogP contribution < -0.4 is 0 Å². The lowest BCUT2D eigenvalue weighted by molar-refractivity contribution is 1.15. The lowest BCUT2D eigenvalue weighted by Crippen LogP contribution is -1.99. The molecule has 0 unspecified atom stereocenters. The predicted molar refractivity (Wildman–Crippen MR) is 242 cm³/mol. The van der Waals surface area contributed by atoms with Gasteiger partial charge in [-0.2, -0.15) is 0 Å². The molecule has 58 heavy (non-hydrogen) atoms. The van der Waals surface area contributed by atoms with Crippen molar-refractivity contribution in [1.29, 1.82) is 0 Å². The number of aromatic nitrogens is 4. The van der Waals surface area contributed by atoms with E-state index in [-0.39, 0.29) is 0 Å². The van der Waals surface area contributed by atoms with Crippen molar-refractivity contribution in [3.05, 3.63) is 206 Å². The molecule has 12 aromatic rings. The van der Waals surface area contributed by atoms with Crippen LogP contribution in [0.2, 0.25) is 0 Å². The summed E-state index contributed by atoms with van der Waals surface area (Å²) in [6.45, 7) is 0. The van der Waals surface area contributed by atoms with Gasteiger partial charge in [0.1, 0.15) is 0 Å². The number of benzene rings is 9. The van der Waals surface area contributed by atoms with Gasteiger partial charge in [-0.3, -0.25) is 0 Å². The highest BCUT2D eigenvalue weighted by molar-refractivity contribution is 6.24. The highest BCUT2D eigenvalue weighted by Crippen LogP contribution is 2.42. The first-order chi connectivity index (χ1) is 28.8. The van der Waals surface area contributed by atoms with Gasteiger partial charge in [-0.1, -0.05) is 158 Å². The summed E-state index contributed by atoms with van der Waals surface area (Å²) in [6.07, 6.45) is 0. The topological polar surface area (TPSA) is 35.6 Å². The van der Waals surface area contributed by atoms with E-state index in [0.29, 0.717) is 5.82 Å². The van der Waals surface area contributed by atoms with Crippen molar-refractivity contribution >= 4 is 65.2 Å². The summed E-state index contributed by atoms with van der Waals surface area (Å²) < 4.78 is 4.90. The maximum absolute atomic E-state index is 5.34. The van der Waals surface area contributed by atoms with Crippen molar-refractivity contribution in [1.82, 2.24) is 19.1 Å². The first kappa shape index (κ1) is 32.4. The molecular formula is C54H34N4. The van der Waals surface area contributed by atoms with E-state index in [1.165, 1.54) is 48.9 Å². The van der Waals surface area contributed by atoms with Crippen molar-refractivity contribution in [2.45, 2.75) is 0 Å². The van der Waals surface area contributed by atoms with Gasteiger partial charge in [0.05, 0.1) is 33.5 Å². The molecule has 0 spiro atoms. The second kappa shape index (κ2) is 12.9. The van der Waals surface area contributed by atoms with Crippen LogP contribution in [0.15, 0.2) is 206 Å². The molecule has 12 rings (SSSR count). The lowest BCUT2D eigenvalue weighted by atomic mass is 10.0. The maximum atomic E-state index is 5.34. The summed E-state index contributed by atoms with van der Waals surface area (Å²) in [5.41, 5.74) is 11.8. The molecule has 0 saturated carbocycles. The molecule has 0 aliphatic heterocycles. The van der Waals surface area contributed by atoms with Gasteiger partial charge in [0.2, 0.25) is 0 Å². The molecule has 0 N–H and O–H groups in total. The molecule has 0 amide bonds. The summed E-state index contributed by atoms with van der Waals surface area (Å²) in [7, 11) is 0. The molecule has 4 heteroatoms. The van der Waals surface area contributed by atoms with Gasteiger partial charge in [0.25, 0.3) is 0 Å². The Bertz CT molecular complexity index is 3560. The summed E-state index contributed by atoms with van der Waals surface area (Å²) in [4.78, 5) is 10.6. The fourth-order valence-electron chi connectivity index (χ4n) is 9.03. The molecule has 0 radical (unpaired) electrons. The van der Waals surface area contributed by atoms with Crippen molar-refractivity contribution in [3.63, 3.8) is 0 Å². The molecule has 0 atom stereocenters. The van der Waals surface area contributed by atoms with Gasteiger partial charge < -0.3 is 9.13 Å². The van der Waals surface area contributed by atoms with Crippen LogP contribution in [0, 0.1) is 0 Å². The summed E-state index contributed by atoms with van der Waals surface area (Å²) in [6, 6.07) is 73.8. The van der Waals surface area contributed by atoms with Crippen molar-refractivity contribution < 1.29 is 0 Å². The molecule has 0 fully saturated rings. The average Bonchev–Trinajstić information content (AvgIpc) is 3.82. The Morgan fingerprint density at radius 3 is 1.60 bits per heavy atom. The Labute approximate surface area is 334 Å². The van der Waals surface area contributed by atoms with Crippen molar-refractivity contribution in [2.75, 3.05) is 0 Å². The molecular weight excluding hydrogens is 705 g/mol. The zero-order valence-electron chi connectivity index (χ0n) is 31.4. The predicted octanol–water partition coefficient (Wildman–Crippen LogP) is 14.0. The van der Waals surface area contributed by atoms with Gasteiger partial charge in [-0.25, -0.2) is 9.97 Å². The van der Waals surface area contributed by atoms with Gasteiger partial charge in [-0.15, -0.1) is 0 Å². The van der Waals surface area contributed by atoms with Crippen LogP contribution in [-0.4, -0.2) is 19.1 Å². The van der Waals surface area contributed by atoms with E-state index in [0.717, 1.165) is 55.7 Å². The minimum Gasteiger partial charge on any atom is -0.307 e. The zero-order valence-corrected chi connectivity index (χ0v) is 31.4. The Morgan fingerprint density at radius 2 is 0.879 bits per heavy atom. The minimum atomic E-state index is 0.695. The molecule has 0 aliphatic rings. The first-order valence-corrected chi connectivity index (χ1v) is 19.7. The van der Waals surface area contributed by atoms with Crippen LogP contribution in [-0.2, 0) is 0 Å². The Hall–Kier alpha value is -7.82. The number of rotatable bonds is 5. The number of nitrogens with zero attached hydrogens (tertiary/aromatic N) is 4. The average molecular weight is 739 g/mol. The highest BCUT2D eigenvalue weighted by Gasteiger charge is 2.22. The van der Waals surface area contributed by atoms with E-state index in [2.05, 4.69) is 209 Å². The third-order valence-corrected chi connectivity index (χ3v) is 11.7. The smallest absolute Gasteiger partial charge is 0.161 e. The molecule has 0 aliphatic carbocycles. The molecule has 3 aromatic heterocycles. The third-order valence-electron chi connectivity index (χ3n) is 11.7. The van der Waals surface area contributed by atoms with Gasteiger partial charge >= 0.3 is 0 Å². The largest absolute Gasteiger partial charge is 0.307 e. The summed E-state index contributed by atoms with van der Waals surface area (Å²) in [5.74, 6) is 0.695. The van der Waals surface area contributed by atoms with Crippen molar-refractivity contribution in [3.8, 4) is 45.3 Å². The number of hydrogen-bond acceptors (Lipinski definition) is 2. The van der Waals surface area contributed by atoms with Crippen LogP contribution in [0.1, 0.15) is 0 Å². The molecule has 4 nitrogen and oxygen atoms in total. The Kier molecular flexibility index (Phi) is 7.20. The summed E-state index contributed by atoms with van der Waals surface area (Å²) in [5, 5.41) is 9.51. The quantitative estimate of drug-likeness (QED) is 0.176. The van der Waals surface area contributed by atoms with Gasteiger partial charge in [0.15, 0.2) is 5.82 Å². The molecule has 3 heterocycles. The van der Waals surface area contributed by atoms with Gasteiger partial charge in [0, 0.05) is 49.6 Å². The number of para-hydroxylation sites is 3. The fourth-order valence-corrected chi connectivity index (χ4v) is 9.03. The molecule has 0 saturated heterocycles. The van der Waals surface area contributed by atoms with Crippen molar-refractivity contribution in [2.24, 2.45) is 0 Å². The van der Waals surface area contributed by atoms with E-state index in [1.807, 2.05) is 6.07 Å². The number of hydrogen-bond donors (Lipinski definition) is 0. The highest BCUT2D eigenvalue weighted by atomic mass is 15.0. The SMILES string of the molecule is c1ccc(-c2cc(-c3ccc4ccccc4c3)nc(-c3cccc4ccc(-n5c6ccccc6c6ccc7c8ccccc8n(-c8ccccc8)c7c65)cc34)n2)cc1. The number of fused-ring (bicyclic) bond motifs is 9. The van der Waals surface area contributed by atoms with Crippen LogP contribution in [0.25, 0.3) is 110 Å². The van der Waals surface area contributed by atoms with E-state index in [1.54, 1.807) is 0 Å². The minimum absolute atomic E-state index is 0.695. The first-order valence-electron chi connectivity index (χ1n) is 19.7. The van der Waals surface area contributed by atoms with Crippen LogP contribution in [0.3, 0.4) is 0 Å². The summed E-state index contributed by atoms with van der Waals surface area (Å²) >= 11 is 0. The van der Waals surface area contributed by atoms with Crippen LogP contribution in [0.4, 0.5) is 0 Å². The Balaban J connectivity index is 1.14. The van der Waals surface area contributed by atoms with E-state index < -0.39 is 0 Å². The molecule has 270 valence electrons.